The number of benzene rings is 6. The fourth-order valence-corrected chi connectivity index (χ4v) is 9.04. The molecule has 0 saturated carbocycles. The lowest BCUT2D eigenvalue weighted by Crippen LogP contribution is -2.54. The summed E-state index contributed by atoms with van der Waals surface area (Å²) >= 11 is 1.93. The Bertz CT molecular complexity index is 2150. The predicted octanol–water partition coefficient (Wildman–Crippen LogP) is 10.8. The molecule has 0 amide bonds. The molecule has 0 fully saturated rings. The number of rotatable bonds is 8. The lowest BCUT2D eigenvalue weighted by atomic mass is 9.37. The van der Waals surface area contributed by atoms with Gasteiger partial charge in [0.05, 0.1) is 0 Å². The van der Waals surface area contributed by atoms with Crippen molar-refractivity contribution in [2.45, 2.75) is 41.5 Å². The third-order valence-corrected chi connectivity index (χ3v) is 11.1. The molecule has 0 aliphatic heterocycles. The Morgan fingerprint density at radius 2 is 0.760 bits per heavy atom. The molecule has 7 aromatic rings. The third-order valence-electron chi connectivity index (χ3n) is 9.86. The van der Waals surface area contributed by atoms with Gasteiger partial charge in [-0.1, -0.05) is 190 Å². The van der Waals surface area contributed by atoms with Crippen molar-refractivity contribution in [2.24, 2.45) is 0 Å². The van der Waals surface area contributed by atoms with Gasteiger partial charge < -0.3 is 0 Å². The number of aryl methyl sites for hydroxylation is 6. The summed E-state index contributed by atoms with van der Waals surface area (Å²) in [6.45, 7) is 13.7. The van der Waals surface area contributed by atoms with Crippen LogP contribution in [0.5, 0.6) is 0 Å². The van der Waals surface area contributed by atoms with Gasteiger partial charge in [-0.3, -0.25) is 0 Å². The highest BCUT2D eigenvalue weighted by Crippen LogP contribution is 2.37. The molecule has 0 saturated heterocycles. The zero-order valence-electron chi connectivity index (χ0n) is 29.9. The van der Waals surface area contributed by atoms with Gasteiger partial charge in [-0.2, -0.15) is 0 Å². The van der Waals surface area contributed by atoms with Crippen molar-refractivity contribution in [3.8, 4) is 10.4 Å². The monoisotopic (exact) mass is 662 g/mol. The van der Waals surface area contributed by atoms with E-state index in [4.69, 9.17) is 0 Å². The minimum Gasteiger partial charge on any atom is -0.149 e. The Morgan fingerprint density at radius 3 is 1.14 bits per heavy atom. The van der Waals surface area contributed by atoms with Crippen molar-refractivity contribution >= 4 is 44.9 Å². The lowest BCUT2D eigenvalue weighted by Gasteiger charge is -2.23. The highest BCUT2D eigenvalue weighted by molar-refractivity contribution is 7.29. The van der Waals surface area contributed by atoms with E-state index in [9.17, 15) is 0 Å². The molecule has 0 bridgehead atoms. The van der Waals surface area contributed by atoms with Gasteiger partial charge in [0.25, 0.3) is 6.71 Å². The lowest BCUT2D eigenvalue weighted by molar-refractivity contribution is 1.34. The summed E-state index contributed by atoms with van der Waals surface area (Å²) in [5, 5.41) is 0. The summed E-state index contributed by atoms with van der Waals surface area (Å²) in [5.41, 5.74) is 19.5. The van der Waals surface area contributed by atoms with E-state index in [1.807, 2.05) is 11.3 Å². The van der Waals surface area contributed by atoms with Crippen molar-refractivity contribution in [3.63, 3.8) is 0 Å². The summed E-state index contributed by atoms with van der Waals surface area (Å²) in [4.78, 5) is 1.29. The van der Waals surface area contributed by atoms with E-state index < -0.39 is 0 Å². The molecule has 50 heavy (non-hydrogen) atoms. The SMILES string of the molecule is Cc1cc(C)c(B(c2ccc(-c3ccc(C(=C(c4ccccc4)c4ccccc4)c4ccccc4)cc3)s2)c2c(C)cc(C)cc2C)c(C)c1. The summed E-state index contributed by atoms with van der Waals surface area (Å²) < 4.78 is 1.38. The average Bonchev–Trinajstić information content (AvgIpc) is 3.60. The summed E-state index contributed by atoms with van der Waals surface area (Å²) in [6, 6.07) is 55.7. The Morgan fingerprint density at radius 1 is 0.400 bits per heavy atom. The Labute approximate surface area is 302 Å². The minimum atomic E-state index is 0.182. The van der Waals surface area contributed by atoms with Gasteiger partial charge in [-0.05, 0) is 91.3 Å². The average molecular weight is 663 g/mol. The summed E-state index contributed by atoms with van der Waals surface area (Å²) in [5.74, 6) is 0. The quantitative estimate of drug-likeness (QED) is 0.112. The van der Waals surface area contributed by atoms with Crippen LogP contribution >= 0.6 is 11.3 Å². The molecule has 6 aromatic carbocycles. The molecule has 1 heterocycles. The predicted molar refractivity (Wildman–Crippen MR) is 220 cm³/mol. The molecule has 0 unspecified atom stereocenters. The van der Waals surface area contributed by atoms with Crippen LogP contribution in [0, 0.1) is 41.5 Å². The van der Waals surface area contributed by atoms with E-state index in [1.165, 1.54) is 92.9 Å². The van der Waals surface area contributed by atoms with Crippen LogP contribution < -0.4 is 15.7 Å². The second kappa shape index (κ2) is 14.4. The molecule has 0 aliphatic carbocycles. The highest BCUT2D eigenvalue weighted by atomic mass is 32.1. The van der Waals surface area contributed by atoms with Crippen LogP contribution in [0.3, 0.4) is 0 Å². The Hall–Kier alpha value is -5.18. The molecule has 0 N–H and O–H groups in total. The van der Waals surface area contributed by atoms with Gasteiger partial charge in [-0.15, -0.1) is 11.3 Å². The van der Waals surface area contributed by atoms with Gasteiger partial charge in [0.15, 0.2) is 0 Å². The first-order valence-corrected chi connectivity index (χ1v) is 18.4. The van der Waals surface area contributed by atoms with Crippen LogP contribution in [-0.2, 0) is 0 Å². The normalized spacial score (nSPS) is 11.0. The zero-order chi connectivity index (χ0) is 34.8. The van der Waals surface area contributed by atoms with E-state index >= 15 is 0 Å². The van der Waals surface area contributed by atoms with Gasteiger partial charge >= 0.3 is 0 Å². The third kappa shape index (κ3) is 6.69. The molecule has 1 aromatic heterocycles. The molecule has 2 heteroatoms. The molecule has 244 valence electrons. The molecular formula is C48H43BS. The van der Waals surface area contributed by atoms with Gasteiger partial charge in [0.2, 0.25) is 0 Å². The first kappa shape index (κ1) is 33.3. The first-order chi connectivity index (χ1) is 24.3. The van der Waals surface area contributed by atoms with E-state index in [2.05, 4.69) is 193 Å². The van der Waals surface area contributed by atoms with Crippen LogP contribution in [0.1, 0.15) is 55.6 Å². The number of hydrogen-bond acceptors (Lipinski definition) is 1. The second-order valence-electron chi connectivity index (χ2n) is 13.7. The van der Waals surface area contributed by atoms with Gasteiger partial charge in [0.1, 0.15) is 0 Å². The molecule has 0 aliphatic rings. The minimum absolute atomic E-state index is 0.182. The molecule has 7 rings (SSSR count). The van der Waals surface area contributed by atoms with Crippen LogP contribution in [0.25, 0.3) is 21.6 Å². The second-order valence-corrected chi connectivity index (χ2v) is 14.8. The Kier molecular flexibility index (Phi) is 9.57. The molecular weight excluding hydrogens is 619 g/mol. The van der Waals surface area contributed by atoms with Crippen molar-refractivity contribution in [2.75, 3.05) is 0 Å². The smallest absolute Gasteiger partial charge is 0.149 e. The van der Waals surface area contributed by atoms with Crippen molar-refractivity contribution < 1.29 is 0 Å². The van der Waals surface area contributed by atoms with Crippen molar-refractivity contribution in [1.82, 2.24) is 0 Å². The maximum Gasteiger partial charge on any atom is 0.255 e. The maximum absolute atomic E-state index is 2.37. The molecule has 0 radical (unpaired) electrons. The van der Waals surface area contributed by atoms with E-state index in [0.29, 0.717) is 0 Å². The van der Waals surface area contributed by atoms with Crippen molar-refractivity contribution in [3.05, 3.63) is 207 Å². The topological polar surface area (TPSA) is 0 Å². The van der Waals surface area contributed by atoms with Gasteiger partial charge in [0, 0.05) is 4.88 Å². The van der Waals surface area contributed by atoms with Crippen LogP contribution in [0.4, 0.5) is 0 Å². The van der Waals surface area contributed by atoms with E-state index in [0.717, 1.165) is 0 Å². The van der Waals surface area contributed by atoms with Crippen molar-refractivity contribution in [1.29, 1.82) is 0 Å². The van der Waals surface area contributed by atoms with E-state index in [-0.39, 0.29) is 6.71 Å². The molecule has 0 atom stereocenters. The highest BCUT2D eigenvalue weighted by Gasteiger charge is 2.30. The van der Waals surface area contributed by atoms with Crippen LogP contribution in [0.15, 0.2) is 152 Å². The maximum atomic E-state index is 2.37. The summed E-state index contributed by atoms with van der Waals surface area (Å²) in [7, 11) is 0. The number of hydrogen-bond donors (Lipinski definition) is 0. The fraction of sp³-hybridized carbons (Fsp3) is 0.125. The van der Waals surface area contributed by atoms with Crippen LogP contribution in [-0.4, -0.2) is 6.71 Å². The molecule has 0 spiro atoms. The van der Waals surface area contributed by atoms with Crippen LogP contribution in [0.2, 0.25) is 0 Å². The zero-order valence-corrected chi connectivity index (χ0v) is 30.7. The van der Waals surface area contributed by atoms with Gasteiger partial charge in [-0.25, -0.2) is 0 Å². The molecule has 0 nitrogen and oxygen atoms in total. The Balaban J connectivity index is 1.35. The summed E-state index contributed by atoms with van der Waals surface area (Å²) in [6.07, 6.45) is 0. The first-order valence-electron chi connectivity index (χ1n) is 17.5. The fourth-order valence-electron chi connectivity index (χ4n) is 7.91. The standard InChI is InChI=1S/C48H43BS/c1-32-28-34(3)47(35(4)29-32)49(48-36(5)30-33(2)31-37(48)6)44-27-26-43(50-44)38-22-24-42(25-23-38)46(41-20-14-9-15-21-41)45(39-16-10-7-11-17-39)40-18-12-8-13-19-40/h7-31H,1-6H3. The number of thiophene rings is 1. The van der Waals surface area contributed by atoms with E-state index in [1.54, 1.807) is 0 Å². The largest absolute Gasteiger partial charge is 0.255 e.